The number of aryl methyl sites for hydroxylation is 2. The van der Waals surface area contributed by atoms with E-state index in [0.29, 0.717) is 0 Å². The van der Waals surface area contributed by atoms with E-state index in [4.69, 9.17) is 5.73 Å². The Labute approximate surface area is 101 Å². The van der Waals surface area contributed by atoms with Crippen LogP contribution in [0.25, 0.3) is 0 Å². The second-order valence-corrected chi connectivity index (χ2v) is 4.24. The summed E-state index contributed by atoms with van der Waals surface area (Å²) in [6.07, 6.45) is 3.89. The summed E-state index contributed by atoms with van der Waals surface area (Å²) < 4.78 is 1.92. The molecule has 0 aliphatic heterocycles. The maximum atomic E-state index is 5.98. The van der Waals surface area contributed by atoms with Gasteiger partial charge in [0.25, 0.3) is 0 Å². The van der Waals surface area contributed by atoms with Gasteiger partial charge >= 0.3 is 0 Å². The zero-order valence-electron chi connectivity index (χ0n) is 10.3. The molecule has 4 heteroatoms. The van der Waals surface area contributed by atoms with Crippen molar-refractivity contribution in [1.82, 2.24) is 9.78 Å². The molecule has 0 atom stereocenters. The lowest BCUT2D eigenvalue weighted by molar-refractivity contribution is 0.637. The van der Waals surface area contributed by atoms with Gasteiger partial charge in [-0.2, -0.15) is 5.10 Å². The third kappa shape index (κ3) is 2.78. The fourth-order valence-corrected chi connectivity index (χ4v) is 1.73. The zero-order valence-corrected chi connectivity index (χ0v) is 10.3. The summed E-state index contributed by atoms with van der Waals surface area (Å²) in [5.41, 5.74) is 10.1. The van der Waals surface area contributed by atoms with E-state index >= 15 is 0 Å². The number of nitrogens with two attached hydrogens (primary N) is 1. The molecule has 4 nitrogen and oxygen atoms in total. The molecular formula is C13H18N4. The van der Waals surface area contributed by atoms with Crippen LogP contribution >= 0.6 is 0 Å². The number of nitrogens with zero attached hydrogens (tertiary/aromatic N) is 2. The van der Waals surface area contributed by atoms with Crippen LogP contribution in [0.4, 0.5) is 11.4 Å². The Morgan fingerprint density at radius 2 is 2.18 bits per heavy atom. The fraction of sp³-hybridized carbons (Fsp3) is 0.308. The molecule has 2 aromatic rings. The number of rotatable bonds is 4. The van der Waals surface area contributed by atoms with Crippen LogP contribution in [0.5, 0.6) is 0 Å². The molecule has 90 valence electrons. The van der Waals surface area contributed by atoms with Gasteiger partial charge in [-0.3, -0.25) is 4.68 Å². The Kier molecular flexibility index (Phi) is 3.32. The van der Waals surface area contributed by atoms with E-state index < -0.39 is 0 Å². The van der Waals surface area contributed by atoms with Crippen LogP contribution in [-0.2, 0) is 6.54 Å². The molecule has 0 fully saturated rings. The molecule has 0 bridgehead atoms. The minimum Gasteiger partial charge on any atom is -0.397 e. The third-order valence-corrected chi connectivity index (χ3v) is 2.74. The van der Waals surface area contributed by atoms with Gasteiger partial charge in [0.1, 0.15) is 0 Å². The lowest BCUT2D eigenvalue weighted by Gasteiger charge is -2.10. The van der Waals surface area contributed by atoms with Gasteiger partial charge in [0.15, 0.2) is 0 Å². The van der Waals surface area contributed by atoms with Crippen molar-refractivity contribution >= 4 is 11.4 Å². The lowest BCUT2D eigenvalue weighted by Crippen LogP contribution is -2.12. The highest BCUT2D eigenvalue weighted by Crippen LogP contribution is 2.21. The van der Waals surface area contributed by atoms with E-state index in [1.165, 1.54) is 5.56 Å². The van der Waals surface area contributed by atoms with Crippen molar-refractivity contribution in [2.45, 2.75) is 20.4 Å². The maximum Gasteiger partial charge on any atom is 0.0582 e. The van der Waals surface area contributed by atoms with Crippen LogP contribution < -0.4 is 11.1 Å². The van der Waals surface area contributed by atoms with Crippen LogP contribution in [0.1, 0.15) is 11.1 Å². The molecule has 3 N–H and O–H groups in total. The average molecular weight is 230 g/mol. The Morgan fingerprint density at radius 3 is 2.88 bits per heavy atom. The number of hydrogen-bond donors (Lipinski definition) is 2. The third-order valence-electron chi connectivity index (χ3n) is 2.74. The van der Waals surface area contributed by atoms with E-state index in [0.717, 1.165) is 30.0 Å². The van der Waals surface area contributed by atoms with Gasteiger partial charge in [-0.05, 0) is 31.0 Å². The van der Waals surface area contributed by atoms with Crippen LogP contribution in [0.2, 0.25) is 0 Å². The van der Waals surface area contributed by atoms with Crippen LogP contribution in [0.3, 0.4) is 0 Å². The summed E-state index contributed by atoms with van der Waals surface area (Å²) in [6, 6.07) is 6.01. The smallest absolute Gasteiger partial charge is 0.0582 e. The Bertz CT molecular complexity index is 502. The van der Waals surface area contributed by atoms with Gasteiger partial charge in [-0.15, -0.1) is 0 Å². The first kappa shape index (κ1) is 11.5. The summed E-state index contributed by atoms with van der Waals surface area (Å²) >= 11 is 0. The molecular weight excluding hydrogens is 212 g/mol. The van der Waals surface area contributed by atoms with Gasteiger partial charge in [0.05, 0.1) is 24.1 Å². The molecule has 0 aliphatic rings. The highest BCUT2D eigenvalue weighted by Gasteiger charge is 2.00. The second-order valence-electron chi connectivity index (χ2n) is 4.24. The van der Waals surface area contributed by atoms with Gasteiger partial charge in [0, 0.05) is 12.7 Å². The van der Waals surface area contributed by atoms with E-state index in [1.54, 1.807) is 0 Å². The number of benzene rings is 1. The van der Waals surface area contributed by atoms with E-state index in [1.807, 2.05) is 49.1 Å². The van der Waals surface area contributed by atoms with Gasteiger partial charge in [-0.25, -0.2) is 0 Å². The highest BCUT2D eigenvalue weighted by molar-refractivity contribution is 5.69. The topological polar surface area (TPSA) is 55.9 Å². The number of hydrogen-bond acceptors (Lipinski definition) is 3. The molecule has 2 rings (SSSR count). The van der Waals surface area contributed by atoms with Crippen molar-refractivity contribution in [2.75, 3.05) is 17.6 Å². The van der Waals surface area contributed by atoms with Crippen molar-refractivity contribution in [3.63, 3.8) is 0 Å². The van der Waals surface area contributed by atoms with E-state index in [9.17, 15) is 0 Å². The summed E-state index contributed by atoms with van der Waals surface area (Å²) in [5.74, 6) is 0. The fourth-order valence-electron chi connectivity index (χ4n) is 1.73. The van der Waals surface area contributed by atoms with E-state index in [2.05, 4.69) is 10.4 Å². The minimum absolute atomic E-state index is 0.814. The molecule has 0 saturated carbocycles. The van der Waals surface area contributed by atoms with Crippen molar-refractivity contribution in [3.8, 4) is 0 Å². The molecule has 1 aromatic heterocycles. The van der Waals surface area contributed by atoms with Crippen LogP contribution in [0, 0.1) is 13.8 Å². The van der Waals surface area contributed by atoms with Gasteiger partial charge in [0.2, 0.25) is 0 Å². The summed E-state index contributed by atoms with van der Waals surface area (Å²) in [6.45, 7) is 5.70. The molecule has 0 amide bonds. The number of nitrogens with one attached hydrogen (secondary N) is 1. The summed E-state index contributed by atoms with van der Waals surface area (Å²) in [4.78, 5) is 0. The van der Waals surface area contributed by atoms with Crippen molar-refractivity contribution in [3.05, 3.63) is 41.7 Å². The molecule has 0 radical (unpaired) electrons. The monoisotopic (exact) mass is 230 g/mol. The predicted octanol–water partition coefficient (Wildman–Crippen LogP) is 2.19. The standard InChI is InChI=1S/C13H18N4/c1-10-8-16-17(9-10)7-6-15-12-5-3-4-11(2)13(12)14/h3-5,8-9,15H,6-7,14H2,1-2H3. The predicted molar refractivity (Wildman–Crippen MR) is 71.0 cm³/mol. The Morgan fingerprint density at radius 1 is 1.35 bits per heavy atom. The van der Waals surface area contributed by atoms with Crippen molar-refractivity contribution < 1.29 is 0 Å². The first-order valence-corrected chi connectivity index (χ1v) is 5.75. The first-order chi connectivity index (χ1) is 8.16. The van der Waals surface area contributed by atoms with Crippen molar-refractivity contribution in [1.29, 1.82) is 0 Å². The van der Waals surface area contributed by atoms with Gasteiger partial charge in [-0.1, -0.05) is 12.1 Å². The van der Waals surface area contributed by atoms with Crippen LogP contribution in [-0.4, -0.2) is 16.3 Å². The van der Waals surface area contributed by atoms with Crippen LogP contribution in [0.15, 0.2) is 30.6 Å². The Hall–Kier alpha value is -1.97. The number of aromatic nitrogens is 2. The largest absolute Gasteiger partial charge is 0.397 e. The molecule has 0 saturated heterocycles. The molecule has 0 spiro atoms. The van der Waals surface area contributed by atoms with E-state index in [-0.39, 0.29) is 0 Å². The normalized spacial score (nSPS) is 10.5. The SMILES string of the molecule is Cc1cnn(CCNc2cccc(C)c2N)c1. The molecule has 1 aromatic carbocycles. The first-order valence-electron chi connectivity index (χ1n) is 5.75. The number of anilines is 2. The Balaban J connectivity index is 1.92. The zero-order chi connectivity index (χ0) is 12.3. The second kappa shape index (κ2) is 4.91. The highest BCUT2D eigenvalue weighted by atomic mass is 15.3. The molecule has 1 heterocycles. The summed E-state index contributed by atoms with van der Waals surface area (Å²) in [7, 11) is 0. The molecule has 0 unspecified atom stereocenters. The molecule has 17 heavy (non-hydrogen) atoms. The average Bonchev–Trinajstić information content (AvgIpc) is 2.70. The number of nitrogen functional groups attached to an aromatic ring is 1. The maximum absolute atomic E-state index is 5.98. The summed E-state index contributed by atoms with van der Waals surface area (Å²) in [5, 5.41) is 7.56. The minimum atomic E-state index is 0.814. The molecule has 0 aliphatic carbocycles. The quantitative estimate of drug-likeness (QED) is 0.792. The van der Waals surface area contributed by atoms with Gasteiger partial charge < -0.3 is 11.1 Å². The van der Waals surface area contributed by atoms with Crippen molar-refractivity contribution in [2.24, 2.45) is 0 Å². The lowest BCUT2D eigenvalue weighted by atomic mass is 10.2. The number of para-hydroxylation sites is 1.